The zero-order valence-electron chi connectivity index (χ0n) is 14.5. The smallest absolute Gasteiger partial charge is 0.243 e. The molecule has 1 aliphatic rings. The molecule has 1 unspecified atom stereocenters. The monoisotopic (exact) mass is 314 g/mol. The number of aromatic nitrogens is 2. The molecular weight excluding hydrogens is 288 g/mol. The van der Waals surface area contributed by atoms with Gasteiger partial charge in [-0.2, -0.15) is 4.98 Å². The van der Waals surface area contributed by atoms with E-state index in [4.69, 9.17) is 4.52 Å². The minimum absolute atomic E-state index is 0.176. The van der Waals surface area contributed by atoms with E-state index in [9.17, 15) is 0 Å². The van der Waals surface area contributed by atoms with Crippen molar-refractivity contribution in [1.29, 1.82) is 0 Å². The number of nitrogens with zero attached hydrogens (tertiary/aromatic N) is 4. The van der Waals surface area contributed by atoms with Crippen molar-refractivity contribution in [2.45, 2.75) is 39.7 Å². The zero-order valence-corrected chi connectivity index (χ0v) is 14.5. The summed E-state index contributed by atoms with van der Waals surface area (Å²) in [7, 11) is 0. The molecule has 0 amide bonds. The first-order valence-electron chi connectivity index (χ1n) is 8.44. The maximum atomic E-state index is 5.45. The number of rotatable bonds is 4. The van der Waals surface area contributed by atoms with E-state index in [1.54, 1.807) is 0 Å². The highest BCUT2D eigenvalue weighted by Gasteiger charge is 2.26. The van der Waals surface area contributed by atoms with E-state index in [1.807, 2.05) is 0 Å². The molecule has 1 fully saturated rings. The molecule has 5 heteroatoms. The molecule has 0 saturated carbocycles. The third-order valence-corrected chi connectivity index (χ3v) is 4.56. The SMILES string of the molecule is Cc1cccc(N2CCN(C(C)c3nc(C(C)C)no3)CC2)c1. The Morgan fingerprint density at radius 1 is 1.09 bits per heavy atom. The highest BCUT2D eigenvalue weighted by Crippen LogP contribution is 2.24. The number of aryl methyl sites for hydroxylation is 1. The zero-order chi connectivity index (χ0) is 16.4. The Morgan fingerprint density at radius 3 is 2.43 bits per heavy atom. The van der Waals surface area contributed by atoms with Gasteiger partial charge in [0.05, 0.1) is 6.04 Å². The lowest BCUT2D eigenvalue weighted by atomic mass is 10.1. The van der Waals surface area contributed by atoms with E-state index in [1.165, 1.54) is 11.3 Å². The highest BCUT2D eigenvalue weighted by molar-refractivity contribution is 5.48. The average Bonchev–Trinajstić information content (AvgIpc) is 3.04. The summed E-state index contributed by atoms with van der Waals surface area (Å²) in [5, 5.41) is 4.08. The molecule has 1 saturated heterocycles. The molecule has 2 aromatic rings. The predicted molar refractivity (Wildman–Crippen MR) is 91.8 cm³/mol. The molecule has 0 radical (unpaired) electrons. The molecule has 3 rings (SSSR count). The second kappa shape index (κ2) is 6.71. The van der Waals surface area contributed by atoms with E-state index in [0.29, 0.717) is 5.92 Å². The van der Waals surface area contributed by atoms with Crippen LogP contribution in [-0.2, 0) is 0 Å². The lowest BCUT2D eigenvalue weighted by Crippen LogP contribution is -2.47. The second-order valence-electron chi connectivity index (χ2n) is 6.68. The summed E-state index contributed by atoms with van der Waals surface area (Å²) in [6, 6.07) is 8.90. The van der Waals surface area contributed by atoms with E-state index in [2.05, 4.69) is 71.9 Å². The lowest BCUT2D eigenvalue weighted by Gasteiger charge is -2.38. The molecule has 23 heavy (non-hydrogen) atoms. The third kappa shape index (κ3) is 3.55. The first-order chi connectivity index (χ1) is 11.0. The van der Waals surface area contributed by atoms with Gasteiger partial charge >= 0.3 is 0 Å². The van der Waals surface area contributed by atoms with Crippen LogP contribution in [0.5, 0.6) is 0 Å². The van der Waals surface area contributed by atoms with Crippen LogP contribution in [-0.4, -0.2) is 41.2 Å². The Balaban J connectivity index is 1.61. The van der Waals surface area contributed by atoms with E-state index >= 15 is 0 Å². The van der Waals surface area contributed by atoms with Gasteiger partial charge in [0.15, 0.2) is 5.82 Å². The number of hydrogen-bond donors (Lipinski definition) is 0. The van der Waals surface area contributed by atoms with Gasteiger partial charge < -0.3 is 9.42 Å². The van der Waals surface area contributed by atoms with Gasteiger partial charge in [-0.1, -0.05) is 31.1 Å². The van der Waals surface area contributed by atoms with E-state index < -0.39 is 0 Å². The van der Waals surface area contributed by atoms with Gasteiger partial charge in [-0.05, 0) is 31.5 Å². The van der Waals surface area contributed by atoms with Crippen LogP contribution >= 0.6 is 0 Å². The molecule has 1 aromatic heterocycles. The lowest BCUT2D eigenvalue weighted by molar-refractivity contribution is 0.164. The summed E-state index contributed by atoms with van der Waals surface area (Å²) >= 11 is 0. The van der Waals surface area contributed by atoms with Gasteiger partial charge in [0.1, 0.15) is 0 Å². The molecule has 0 aliphatic carbocycles. The molecule has 0 spiro atoms. The van der Waals surface area contributed by atoms with E-state index in [0.717, 1.165) is 37.9 Å². The van der Waals surface area contributed by atoms with Gasteiger partial charge in [-0.15, -0.1) is 0 Å². The van der Waals surface area contributed by atoms with Crippen LogP contribution in [0.25, 0.3) is 0 Å². The Labute approximate surface area is 138 Å². The largest absolute Gasteiger partial charge is 0.369 e. The number of piperazine rings is 1. The van der Waals surface area contributed by atoms with E-state index in [-0.39, 0.29) is 6.04 Å². The number of hydrogen-bond acceptors (Lipinski definition) is 5. The molecule has 0 bridgehead atoms. The topological polar surface area (TPSA) is 45.4 Å². The van der Waals surface area contributed by atoms with Crippen molar-refractivity contribution in [3.8, 4) is 0 Å². The fourth-order valence-corrected chi connectivity index (χ4v) is 3.00. The summed E-state index contributed by atoms with van der Waals surface area (Å²) in [5.74, 6) is 1.83. The van der Waals surface area contributed by atoms with Gasteiger partial charge in [0, 0.05) is 37.8 Å². The number of anilines is 1. The minimum Gasteiger partial charge on any atom is -0.369 e. The van der Waals surface area contributed by atoms with Gasteiger partial charge in [0.2, 0.25) is 5.89 Å². The summed E-state index contributed by atoms with van der Waals surface area (Å²) in [5.41, 5.74) is 2.63. The molecule has 1 atom stereocenters. The first kappa shape index (κ1) is 16.0. The Kier molecular flexibility index (Phi) is 4.66. The fraction of sp³-hybridized carbons (Fsp3) is 0.556. The van der Waals surface area contributed by atoms with Crippen molar-refractivity contribution in [3.63, 3.8) is 0 Å². The van der Waals surface area contributed by atoms with Crippen LogP contribution in [0.4, 0.5) is 5.69 Å². The van der Waals surface area contributed by atoms with Crippen molar-refractivity contribution >= 4 is 5.69 Å². The molecule has 0 N–H and O–H groups in total. The number of benzene rings is 1. The maximum absolute atomic E-state index is 5.45. The fourth-order valence-electron chi connectivity index (χ4n) is 3.00. The third-order valence-electron chi connectivity index (χ3n) is 4.56. The molecular formula is C18H26N4O. The second-order valence-corrected chi connectivity index (χ2v) is 6.68. The predicted octanol–water partition coefficient (Wildman–Crippen LogP) is 3.38. The first-order valence-corrected chi connectivity index (χ1v) is 8.44. The molecule has 1 aliphatic heterocycles. The van der Waals surface area contributed by atoms with Crippen LogP contribution in [0.2, 0.25) is 0 Å². The summed E-state index contributed by atoms with van der Waals surface area (Å²) < 4.78 is 5.45. The highest BCUT2D eigenvalue weighted by atomic mass is 16.5. The van der Waals surface area contributed by atoms with Crippen LogP contribution in [0, 0.1) is 6.92 Å². The maximum Gasteiger partial charge on any atom is 0.243 e. The molecule has 124 valence electrons. The van der Waals surface area contributed by atoms with Gasteiger partial charge in [-0.25, -0.2) is 0 Å². The standard InChI is InChI=1S/C18H26N4O/c1-13(2)17-19-18(23-20-17)15(4)21-8-10-22(11-9-21)16-7-5-6-14(3)12-16/h5-7,12-13,15H,8-11H2,1-4H3. The molecule has 2 heterocycles. The van der Waals surface area contributed by atoms with Crippen molar-refractivity contribution in [2.75, 3.05) is 31.1 Å². The van der Waals surface area contributed by atoms with Crippen LogP contribution in [0.15, 0.2) is 28.8 Å². The molecule has 1 aromatic carbocycles. The Bertz CT molecular complexity index is 644. The minimum atomic E-state index is 0.176. The van der Waals surface area contributed by atoms with Crippen molar-refractivity contribution < 1.29 is 4.52 Å². The summed E-state index contributed by atoms with van der Waals surface area (Å²) in [6.45, 7) is 12.5. The van der Waals surface area contributed by atoms with Crippen molar-refractivity contribution in [1.82, 2.24) is 15.0 Å². The normalized spacial score (nSPS) is 17.7. The van der Waals surface area contributed by atoms with Crippen LogP contribution < -0.4 is 4.90 Å². The quantitative estimate of drug-likeness (QED) is 0.865. The Morgan fingerprint density at radius 2 is 1.83 bits per heavy atom. The summed E-state index contributed by atoms with van der Waals surface area (Å²) in [4.78, 5) is 9.41. The van der Waals surface area contributed by atoms with Gasteiger partial charge in [-0.3, -0.25) is 4.90 Å². The Hall–Kier alpha value is -1.88. The van der Waals surface area contributed by atoms with Crippen molar-refractivity contribution in [2.24, 2.45) is 0 Å². The van der Waals surface area contributed by atoms with Crippen LogP contribution in [0.3, 0.4) is 0 Å². The van der Waals surface area contributed by atoms with Crippen molar-refractivity contribution in [3.05, 3.63) is 41.5 Å². The van der Waals surface area contributed by atoms with Crippen LogP contribution in [0.1, 0.15) is 50.0 Å². The van der Waals surface area contributed by atoms with Gasteiger partial charge in [0.25, 0.3) is 0 Å². The molecule has 5 nitrogen and oxygen atoms in total. The summed E-state index contributed by atoms with van der Waals surface area (Å²) in [6.07, 6.45) is 0. The average molecular weight is 314 g/mol.